The number of aromatic amines is 1. The Hall–Kier alpha value is -3.28. The summed E-state index contributed by atoms with van der Waals surface area (Å²) in [6.45, 7) is 2.76. The van der Waals surface area contributed by atoms with Crippen molar-refractivity contribution in [3.8, 4) is 22.8 Å². The van der Waals surface area contributed by atoms with Crippen molar-refractivity contribution in [3.05, 3.63) is 65.4 Å². The molecule has 6 heteroatoms. The van der Waals surface area contributed by atoms with E-state index in [0.29, 0.717) is 12.2 Å². The van der Waals surface area contributed by atoms with Crippen LogP contribution in [0.4, 0.5) is 0 Å². The average molecular weight is 377 g/mol. The lowest BCUT2D eigenvalue weighted by molar-refractivity contribution is 0.0744. The number of hydrogen-bond donors (Lipinski definition) is 1. The molecule has 144 valence electrons. The lowest BCUT2D eigenvalue weighted by Crippen LogP contribution is -2.30. The summed E-state index contributed by atoms with van der Waals surface area (Å²) in [5, 5.41) is 7.46. The number of amides is 1. The molecule has 1 aliphatic heterocycles. The van der Waals surface area contributed by atoms with E-state index in [0.717, 1.165) is 40.3 Å². The predicted molar refractivity (Wildman–Crippen MR) is 107 cm³/mol. The highest BCUT2D eigenvalue weighted by molar-refractivity contribution is 6.00. The number of fused-ring (bicyclic) bond motifs is 1. The minimum Gasteiger partial charge on any atom is -0.497 e. The van der Waals surface area contributed by atoms with Crippen molar-refractivity contribution in [2.45, 2.75) is 19.4 Å². The van der Waals surface area contributed by atoms with Crippen molar-refractivity contribution in [1.29, 1.82) is 0 Å². The first-order valence-electron chi connectivity index (χ1n) is 9.35. The zero-order chi connectivity index (χ0) is 19.7. The number of ether oxygens (including phenoxy) is 2. The van der Waals surface area contributed by atoms with Crippen LogP contribution >= 0.6 is 0 Å². The van der Waals surface area contributed by atoms with Gasteiger partial charge < -0.3 is 14.4 Å². The second-order valence-corrected chi connectivity index (χ2v) is 6.76. The molecule has 4 rings (SSSR count). The lowest BCUT2D eigenvalue weighted by atomic mass is 9.96. The highest BCUT2D eigenvalue weighted by Crippen LogP contribution is 2.43. The summed E-state index contributed by atoms with van der Waals surface area (Å²) in [6, 6.07) is 15.4. The molecule has 1 amide bonds. The summed E-state index contributed by atoms with van der Waals surface area (Å²) in [7, 11) is 3.29. The van der Waals surface area contributed by atoms with Gasteiger partial charge in [0.25, 0.3) is 5.91 Å². The smallest absolute Gasteiger partial charge is 0.273 e. The molecule has 0 fully saturated rings. The Morgan fingerprint density at radius 1 is 1.00 bits per heavy atom. The van der Waals surface area contributed by atoms with Gasteiger partial charge >= 0.3 is 0 Å². The number of benzene rings is 2. The number of carbonyl (C=O) groups is 1. The van der Waals surface area contributed by atoms with Gasteiger partial charge in [-0.1, -0.05) is 19.1 Å². The first-order chi connectivity index (χ1) is 13.7. The number of methoxy groups -OCH3 is 2. The fraction of sp³-hybridized carbons (Fsp3) is 0.273. The summed E-state index contributed by atoms with van der Waals surface area (Å²) in [5.74, 6) is 1.56. The number of aromatic nitrogens is 2. The number of carbonyl (C=O) groups excluding carboxylic acids is 1. The molecule has 1 aromatic heterocycles. The standard InChI is InChI=1S/C22H23N3O3/c1-4-13-25-21(15-7-11-17(28-3)12-8-15)18-19(23-24-20(18)22(25)26)14-5-9-16(27-2)10-6-14/h5-12,21H,4,13H2,1-3H3,(H,23,24). The van der Waals surface area contributed by atoms with Crippen molar-refractivity contribution in [1.82, 2.24) is 15.1 Å². The van der Waals surface area contributed by atoms with Crippen LogP contribution < -0.4 is 9.47 Å². The predicted octanol–water partition coefficient (Wildman–Crippen LogP) is 4.05. The van der Waals surface area contributed by atoms with Crippen LogP contribution in [0.15, 0.2) is 48.5 Å². The second-order valence-electron chi connectivity index (χ2n) is 6.76. The summed E-state index contributed by atoms with van der Waals surface area (Å²) >= 11 is 0. The third-order valence-electron chi connectivity index (χ3n) is 5.12. The highest BCUT2D eigenvalue weighted by Gasteiger charge is 2.41. The van der Waals surface area contributed by atoms with Gasteiger partial charge in [-0.05, 0) is 48.4 Å². The van der Waals surface area contributed by atoms with Crippen molar-refractivity contribution < 1.29 is 14.3 Å². The Kier molecular flexibility index (Phi) is 4.77. The maximum atomic E-state index is 13.0. The normalized spacial score (nSPS) is 15.6. The fourth-order valence-corrected chi connectivity index (χ4v) is 3.77. The van der Waals surface area contributed by atoms with E-state index < -0.39 is 0 Å². The lowest BCUT2D eigenvalue weighted by Gasteiger charge is -2.26. The summed E-state index contributed by atoms with van der Waals surface area (Å²) in [5.41, 5.74) is 4.28. The minimum atomic E-state index is -0.177. The molecule has 0 spiro atoms. The number of nitrogens with zero attached hydrogens (tertiary/aromatic N) is 2. The van der Waals surface area contributed by atoms with E-state index in [-0.39, 0.29) is 11.9 Å². The average Bonchev–Trinajstić information content (AvgIpc) is 3.28. The molecule has 0 aliphatic carbocycles. The van der Waals surface area contributed by atoms with Crippen LogP contribution in [0.1, 0.15) is 41.0 Å². The number of hydrogen-bond acceptors (Lipinski definition) is 4. The Labute approximate surface area is 164 Å². The Morgan fingerprint density at radius 3 is 2.18 bits per heavy atom. The molecule has 2 aromatic carbocycles. The molecule has 0 saturated carbocycles. The van der Waals surface area contributed by atoms with Gasteiger partial charge in [0, 0.05) is 17.7 Å². The van der Waals surface area contributed by atoms with E-state index in [1.807, 2.05) is 53.4 Å². The third kappa shape index (κ3) is 2.91. The number of nitrogens with one attached hydrogen (secondary N) is 1. The van der Waals surface area contributed by atoms with E-state index in [2.05, 4.69) is 17.1 Å². The van der Waals surface area contributed by atoms with Gasteiger partial charge in [-0.3, -0.25) is 9.89 Å². The molecular weight excluding hydrogens is 354 g/mol. The molecule has 28 heavy (non-hydrogen) atoms. The summed E-state index contributed by atoms with van der Waals surface area (Å²) in [4.78, 5) is 15.0. The Morgan fingerprint density at radius 2 is 1.61 bits per heavy atom. The zero-order valence-corrected chi connectivity index (χ0v) is 16.2. The first kappa shape index (κ1) is 18.1. The fourth-order valence-electron chi connectivity index (χ4n) is 3.77. The zero-order valence-electron chi connectivity index (χ0n) is 16.2. The molecule has 0 saturated heterocycles. The van der Waals surface area contributed by atoms with E-state index in [1.165, 1.54) is 0 Å². The van der Waals surface area contributed by atoms with Gasteiger partial charge in [0.05, 0.1) is 26.0 Å². The van der Waals surface area contributed by atoms with Crippen molar-refractivity contribution in [2.24, 2.45) is 0 Å². The monoisotopic (exact) mass is 377 g/mol. The largest absolute Gasteiger partial charge is 0.497 e. The molecule has 1 atom stereocenters. The van der Waals surface area contributed by atoms with E-state index >= 15 is 0 Å². The van der Waals surface area contributed by atoms with Gasteiger partial charge in [0.1, 0.15) is 17.2 Å². The van der Waals surface area contributed by atoms with Crippen LogP contribution in [0.2, 0.25) is 0 Å². The molecule has 0 radical (unpaired) electrons. The molecule has 1 N–H and O–H groups in total. The SMILES string of the molecule is CCCN1C(=O)c2[nH]nc(-c3ccc(OC)cc3)c2C1c1ccc(OC)cc1. The van der Waals surface area contributed by atoms with Crippen molar-refractivity contribution in [3.63, 3.8) is 0 Å². The van der Waals surface area contributed by atoms with Crippen molar-refractivity contribution in [2.75, 3.05) is 20.8 Å². The molecule has 0 bridgehead atoms. The quantitative estimate of drug-likeness (QED) is 0.704. The summed E-state index contributed by atoms with van der Waals surface area (Å²) in [6.07, 6.45) is 0.883. The first-order valence-corrected chi connectivity index (χ1v) is 9.35. The maximum absolute atomic E-state index is 13.0. The Balaban J connectivity index is 1.83. The van der Waals surface area contributed by atoms with Crippen LogP contribution in [0.5, 0.6) is 11.5 Å². The van der Waals surface area contributed by atoms with Gasteiger partial charge in [-0.15, -0.1) is 0 Å². The van der Waals surface area contributed by atoms with Crippen LogP contribution in [0.3, 0.4) is 0 Å². The van der Waals surface area contributed by atoms with E-state index in [9.17, 15) is 4.79 Å². The van der Waals surface area contributed by atoms with Crippen molar-refractivity contribution >= 4 is 5.91 Å². The van der Waals surface area contributed by atoms with Crippen LogP contribution in [-0.4, -0.2) is 41.8 Å². The van der Waals surface area contributed by atoms with Gasteiger partial charge in [0.2, 0.25) is 0 Å². The maximum Gasteiger partial charge on any atom is 0.273 e. The topological polar surface area (TPSA) is 67.5 Å². The molecule has 1 unspecified atom stereocenters. The molecule has 6 nitrogen and oxygen atoms in total. The number of rotatable bonds is 6. The molecular formula is C22H23N3O3. The van der Waals surface area contributed by atoms with Crippen LogP contribution in [0.25, 0.3) is 11.3 Å². The van der Waals surface area contributed by atoms with E-state index in [1.54, 1.807) is 14.2 Å². The Bertz CT molecular complexity index is 977. The van der Waals surface area contributed by atoms with Gasteiger partial charge in [-0.25, -0.2) is 0 Å². The second kappa shape index (κ2) is 7.38. The minimum absolute atomic E-state index is 0.00932. The highest BCUT2D eigenvalue weighted by atomic mass is 16.5. The number of H-pyrrole nitrogens is 1. The molecule has 2 heterocycles. The summed E-state index contributed by atoms with van der Waals surface area (Å²) < 4.78 is 10.5. The molecule has 3 aromatic rings. The van der Waals surface area contributed by atoms with E-state index in [4.69, 9.17) is 9.47 Å². The molecule has 1 aliphatic rings. The van der Waals surface area contributed by atoms with Gasteiger partial charge in [0.15, 0.2) is 0 Å². The third-order valence-corrected chi connectivity index (χ3v) is 5.12. The van der Waals surface area contributed by atoms with Gasteiger partial charge in [-0.2, -0.15) is 5.10 Å². The van der Waals surface area contributed by atoms with Crippen LogP contribution in [0, 0.1) is 0 Å². The van der Waals surface area contributed by atoms with Crippen LogP contribution in [-0.2, 0) is 0 Å².